The van der Waals surface area contributed by atoms with Crippen LogP contribution in [0.25, 0.3) is 0 Å². The summed E-state index contributed by atoms with van der Waals surface area (Å²) in [6, 6.07) is 7.33. The number of carbonyl (C=O) groups excluding carboxylic acids is 1. The Morgan fingerprint density at radius 2 is 2.12 bits per heavy atom. The average Bonchev–Trinajstić information content (AvgIpc) is 3.23. The summed E-state index contributed by atoms with van der Waals surface area (Å²) in [5, 5.41) is 8.58. The maximum atomic E-state index is 13.4. The summed E-state index contributed by atoms with van der Waals surface area (Å²) in [6.45, 7) is 0. The molecule has 0 aliphatic carbocycles. The quantitative estimate of drug-likeness (QED) is 0.667. The number of rotatable bonds is 6. The molecule has 1 aromatic carbocycles. The van der Waals surface area contributed by atoms with Crippen LogP contribution < -0.4 is 5.32 Å². The highest BCUT2D eigenvalue weighted by Crippen LogP contribution is 2.31. The van der Waals surface area contributed by atoms with Gasteiger partial charge in [0.05, 0.1) is 16.9 Å². The van der Waals surface area contributed by atoms with Crippen LogP contribution in [0.4, 0.5) is 14.5 Å². The molecular weight excluding hydrogens is 382 g/mol. The zero-order valence-corrected chi connectivity index (χ0v) is 15.3. The number of benzene rings is 1. The highest BCUT2D eigenvalue weighted by molar-refractivity contribution is 7.07. The van der Waals surface area contributed by atoms with Gasteiger partial charge in [0.15, 0.2) is 5.69 Å². The minimum Gasteiger partial charge on any atom is -0.317 e. The minimum absolute atomic E-state index is 0.0348. The first kappa shape index (κ1) is 18.5. The van der Waals surface area contributed by atoms with E-state index in [1.807, 2.05) is 18.2 Å². The molecule has 5 nitrogen and oxygen atoms in total. The van der Waals surface area contributed by atoms with E-state index in [-0.39, 0.29) is 11.4 Å². The van der Waals surface area contributed by atoms with E-state index in [1.165, 1.54) is 21.5 Å². The third kappa shape index (κ3) is 3.91. The third-order valence-electron chi connectivity index (χ3n) is 3.89. The van der Waals surface area contributed by atoms with Crippen LogP contribution in [0.5, 0.6) is 0 Å². The monoisotopic (exact) mass is 396 g/mol. The lowest BCUT2D eigenvalue weighted by molar-refractivity contribution is 0.102. The van der Waals surface area contributed by atoms with Crippen LogP contribution in [-0.4, -0.2) is 20.7 Å². The molecule has 0 bridgehead atoms. The zero-order chi connectivity index (χ0) is 18.7. The summed E-state index contributed by atoms with van der Waals surface area (Å²) < 4.78 is 28.1. The second kappa shape index (κ2) is 7.92. The molecular formula is C17H15ClF2N4OS. The summed E-state index contributed by atoms with van der Waals surface area (Å²) in [7, 11) is 1.58. The molecule has 0 saturated carbocycles. The Kier molecular flexibility index (Phi) is 5.63. The number of thiazole rings is 1. The average molecular weight is 397 g/mol. The van der Waals surface area contributed by atoms with Crippen LogP contribution in [0.2, 0.25) is 5.02 Å². The number of alkyl halides is 2. The number of amides is 1. The van der Waals surface area contributed by atoms with Crippen molar-refractivity contribution in [1.82, 2.24) is 14.8 Å². The summed E-state index contributed by atoms with van der Waals surface area (Å²) in [4.78, 5) is 16.2. The molecule has 0 aliphatic heterocycles. The molecule has 1 amide bonds. The van der Waals surface area contributed by atoms with Gasteiger partial charge in [-0.3, -0.25) is 9.48 Å². The highest BCUT2D eigenvalue weighted by atomic mass is 35.5. The molecule has 1 N–H and O–H groups in total. The fraction of sp³-hybridized carbons (Fsp3) is 0.235. The highest BCUT2D eigenvalue weighted by Gasteiger charge is 2.25. The molecule has 26 heavy (non-hydrogen) atoms. The maximum Gasteiger partial charge on any atom is 0.284 e. The largest absolute Gasteiger partial charge is 0.317 e. The van der Waals surface area contributed by atoms with Crippen molar-refractivity contribution in [1.29, 1.82) is 0 Å². The summed E-state index contributed by atoms with van der Waals surface area (Å²) >= 11 is 7.41. The maximum absolute atomic E-state index is 13.4. The number of anilines is 1. The van der Waals surface area contributed by atoms with Gasteiger partial charge in [0.2, 0.25) is 0 Å². The molecule has 136 valence electrons. The van der Waals surface area contributed by atoms with Crippen molar-refractivity contribution in [2.75, 3.05) is 5.32 Å². The number of halogens is 3. The first-order valence-corrected chi connectivity index (χ1v) is 9.06. The molecule has 3 rings (SSSR count). The minimum atomic E-state index is -2.80. The summed E-state index contributed by atoms with van der Waals surface area (Å²) in [5.41, 5.74) is 2.66. The SMILES string of the molecule is Cn1nc(C(F)F)c(NC(=O)c2cscn2)c1CCc1ccccc1Cl. The Labute approximate surface area is 157 Å². The number of aromatic nitrogens is 3. The predicted octanol–water partition coefficient (Wildman–Crippen LogP) is 4.51. The topological polar surface area (TPSA) is 59.8 Å². The van der Waals surface area contributed by atoms with Crippen molar-refractivity contribution in [3.05, 3.63) is 62.8 Å². The first-order chi connectivity index (χ1) is 12.5. The molecule has 3 aromatic rings. The van der Waals surface area contributed by atoms with Gasteiger partial charge in [0, 0.05) is 17.5 Å². The molecule has 0 unspecified atom stereocenters. The predicted molar refractivity (Wildman–Crippen MR) is 97.1 cm³/mol. The lowest BCUT2D eigenvalue weighted by Crippen LogP contribution is -2.15. The van der Waals surface area contributed by atoms with Crippen LogP contribution in [0, 0.1) is 0 Å². The van der Waals surface area contributed by atoms with Crippen molar-refractivity contribution in [3.8, 4) is 0 Å². The molecule has 0 spiro atoms. The van der Waals surface area contributed by atoms with E-state index in [2.05, 4.69) is 15.4 Å². The Balaban J connectivity index is 1.89. The normalized spacial score (nSPS) is 11.1. The van der Waals surface area contributed by atoms with Crippen LogP contribution in [0.15, 0.2) is 35.2 Å². The van der Waals surface area contributed by atoms with Crippen molar-refractivity contribution >= 4 is 34.5 Å². The number of carbonyl (C=O) groups is 1. The Morgan fingerprint density at radius 1 is 1.35 bits per heavy atom. The van der Waals surface area contributed by atoms with Crippen LogP contribution in [0.3, 0.4) is 0 Å². The van der Waals surface area contributed by atoms with Crippen molar-refractivity contribution in [3.63, 3.8) is 0 Å². The second-order valence-electron chi connectivity index (χ2n) is 5.55. The van der Waals surface area contributed by atoms with E-state index in [4.69, 9.17) is 11.6 Å². The zero-order valence-electron chi connectivity index (χ0n) is 13.7. The van der Waals surface area contributed by atoms with Crippen LogP contribution in [-0.2, 0) is 19.9 Å². The molecule has 2 aromatic heterocycles. The van der Waals surface area contributed by atoms with Gasteiger partial charge in [-0.15, -0.1) is 11.3 Å². The smallest absolute Gasteiger partial charge is 0.284 e. The number of aryl methyl sites for hydroxylation is 2. The molecule has 0 atom stereocenters. The lowest BCUT2D eigenvalue weighted by Gasteiger charge is -2.09. The fourth-order valence-corrected chi connectivity index (χ4v) is 3.38. The molecule has 9 heteroatoms. The van der Waals surface area contributed by atoms with Crippen molar-refractivity contribution < 1.29 is 13.6 Å². The molecule has 0 saturated heterocycles. The van der Waals surface area contributed by atoms with E-state index < -0.39 is 18.0 Å². The van der Waals surface area contributed by atoms with Gasteiger partial charge in [0.25, 0.3) is 12.3 Å². The number of hydrogen-bond acceptors (Lipinski definition) is 4. The first-order valence-electron chi connectivity index (χ1n) is 7.74. The van der Waals surface area contributed by atoms with Crippen LogP contribution >= 0.6 is 22.9 Å². The molecule has 0 fully saturated rings. The van der Waals surface area contributed by atoms with E-state index in [0.717, 1.165) is 5.56 Å². The van der Waals surface area contributed by atoms with Crippen LogP contribution in [0.1, 0.15) is 33.9 Å². The lowest BCUT2D eigenvalue weighted by atomic mass is 10.1. The van der Waals surface area contributed by atoms with E-state index in [0.29, 0.717) is 23.6 Å². The third-order valence-corrected chi connectivity index (χ3v) is 4.85. The molecule has 2 heterocycles. The van der Waals surface area contributed by atoms with Gasteiger partial charge in [0.1, 0.15) is 5.69 Å². The van der Waals surface area contributed by atoms with Gasteiger partial charge in [-0.2, -0.15) is 5.10 Å². The van der Waals surface area contributed by atoms with Gasteiger partial charge in [-0.1, -0.05) is 29.8 Å². The molecule has 0 radical (unpaired) electrons. The Hall–Kier alpha value is -2.32. The van der Waals surface area contributed by atoms with E-state index >= 15 is 0 Å². The Morgan fingerprint density at radius 3 is 2.77 bits per heavy atom. The van der Waals surface area contributed by atoms with Crippen molar-refractivity contribution in [2.24, 2.45) is 7.05 Å². The number of nitrogens with zero attached hydrogens (tertiary/aromatic N) is 3. The van der Waals surface area contributed by atoms with E-state index in [1.54, 1.807) is 18.5 Å². The summed E-state index contributed by atoms with van der Waals surface area (Å²) in [6.07, 6.45) is -1.88. The molecule has 0 aliphatic rings. The van der Waals surface area contributed by atoms with Gasteiger partial charge in [-0.05, 0) is 24.5 Å². The van der Waals surface area contributed by atoms with Gasteiger partial charge < -0.3 is 5.32 Å². The van der Waals surface area contributed by atoms with Gasteiger partial charge >= 0.3 is 0 Å². The number of nitrogens with one attached hydrogen (secondary N) is 1. The summed E-state index contributed by atoms with van der Waals surface area (Å²) in [5.74, 6) is -0.542. The van der Waals surface area contributed by atoms with E-state index in [9.17, 15) is 13.6 Å². The standard InChI is InChI=1S/C17H15ClF2N4OS/c1-24-13(7-6-10-4-2-3-5-11(10)18)14(15(23-24)16(19)20)22-17(25)12-8-26-9-21-12/h2-5,8-9,16H,6-7H2,1H3,(H,22,25). The van der Waals surface area contributed by atoms with Gasteiger partial charge in [-0.25, -0.2) is 13.8 Å². The fourth-order valence-electron chi connectivity index (χ4n) is 2.61. The van der Waals surface area contributed by atoms with Crippen molar-refractivity contribution in [2.45, 2.75) is 19.3 Å². The Bertz CT molecular complexity index is 912. The number of hydrogen-bond donors (Lipinski definition) is 1. The second-order valence-corrected chi connectivity index (χ2v) is 6.68.